The van der Waals surface area contributed by atoms with Gasteiger partial charge in [-0.1, -0.05) is 0 Å². The lowest BCUT2D eigenvalue weighted by Gasteiger charge is -2.12. The zero-order chi connectivity index (χ0) is 13.5. The van der Waals surface area contributed by atoms with E-state index in [-0.39, 0.29) is 24.4 Å². The summed E-state index contributed by atoms with van der Waals surface area (Å²) in [5, 5.41) is 26.5. The number of nitrogens with one attached hydrogen (secondary N) is 3. The second kappa shape index (κ2) is 6.70. The summed E-state index contributed by atoms with van der Waals surface area (Å²) in [4.78, 5) is 11.5. The molecule has 6 nitrogen and oxygen atoms in total. The van der Waals surface area contributed by atoms with E-state index >= 15 is 0 Å². The van der Waals surface area contributed by atoms with Crippen LogP contribution in [0.2, 0.25) is 0 Å². The summed E-state index contributed by atoms with van der Waals surface area (Å²) < 4.78 is 0. The Morgan fingerprint density at radius 2 is 2.11 bits per heavy atom. The third-order valence-electron chi connectivity index (χ3n) is 2.11. The van der Waals surface area contributed by atoms with E-state index in [0.717, 1.165) is 0 Å². The molecule has 0 fully saturated rings. The van der Waals surface area contributed by atoms with Crippen LogP contribution in [0.15, 0.2) is 18.2 Å². The Labute approximate surface area is 106 Å². The Hall–Kier alpha value is -1.95. The van der Waals surface area contributed by atoms with Gasteiger partial charge in [0.25, 0.3) is 0 Å². The average molecular weight is 253 g/mol. The molecule has 0 heterocycles. The number of phenols is 1. The SMILES string of the molecule is CC(C)NC(=O)Nc1ccc(NCCO)cc1O. The largest absolute Gasteiger partial charge is 0.506 e. The van der Waals surface area contributed by atoms with E-state index in [1.54, 1.807) is 12.1 Å². The van der Waals surface area contributed by atoms with E-state index in [0.29, 0.717) is 17.9 Å². The van der Waals surface area contributed by atoms with Gasteiger partial charge in [0, 0.05) is 24.3 Å². The predicted molar refractivity (Wildman–Crippen MR) is 71.0 cm³/mol. The number of aliphatic hydroxyl groups is 1. The van der Waals surface area contributed by atoms with Gasteiger partial charge in [-0.25, -0.2) is 4.79 Å². The molecule has 0 aromatic heterocycles. The third-order valence-corrected chi connectivity index (χ3v) is 2.11. The fourth-order valence-electron chi connectivity index (χ4n) is 1.37. The van der Waals surface area contributed by atoms with Gasteiger partial charge in [-0.3, -0.25) is 0 Å². The molecule has 0 bridgehead atoms. The number of amides is 2. The fourth-order valence-corrected chi connectivity index (χ4v) is 1.37. The van der Waals surface area contributed by atoms with Gasteiger partial charge in [0.15, 0.2) is 0 Å². The van der Waals surface area contributed by atoms with Crippen molar-refractivity contribution in [2.75, 3.05) is 23.8 Å². The summed E-state index contributed by atoms with van der Waals surface area (Å²) >= 11 is 0. The Bertz CT molecular complexity index is 408. The molecule has 18 heavy (non-hydrogen) atoms. The van der Waals surface area contributed by atoms with Crippen LogP contribution >= 0.6 is 0 Å². The van der Waals surface area contributed by atoms with Crippen molar-refractivity contribution >= 4 is 17.4 Å². The lowest BCUT2D eigenvalue weighted by molar-refractivity contribution is 0.250. The normalized spacial score (nSPS) is 10.2. The van der Waals surface area contributed by atoms with Crippen molar-refractivity contribution < 1.29 is 15.0 Å². The van der Waals surface area contributed by atoms with Crippen LogP contribution in [0.5, 0.6) is 5.75 Å². The lowest BCUT2D eigenvalue weighted by Crippen LogP contribution is -2.34. The highest BCUT2D eigenvalue weighted by atomic mass is 16.3. The molecule has 5 N–H and O–H groups in total. The maximum absolute atomic E-state index is 11.5. The molecule has 6 heteroatoms. The van der Waals surface area contributed by atoms with Crippen LogP contribution in [0.3, 0.4) is 0 Å². The van der Waals surface area contributed by atoms with Crippen molar-refractivity contribution in [2.24, 2.45) is 0 Å². The molecule has 0 saturated heterocycles. The van der Waals surface area contributed by atoms with E-state index in [1.165, 1.54) is 6.07 Å². The quantitative estimate of drug-likeness (QED) is 0.512. The highest BCUT2D eigenvalue weighted by molar-refractivity contribution is 5.91. The van der Waals surface area contributed by atoms with Gasteiger partial charge >= 0.3 is 6.03 Å². The van der Waals surface area contributed by atoms with Gasteiger partial charge in [-0.2, -0.15) is 0 Å². The van der Waals surface area contributed by atoms with Crippen LogP contribution < -0.4 is 16.0 Å². The summed E-state index contributed by atoms with van der Waals surface area (Å²) in [6.07, 6.45) is 0. The molecule has 0 saturated carbocycles. The first-order valence-electron chi connectivity index (χ1n) is 5.78. The van der Waals surface area contributed by atoms with Crippen LogP contribution in [0.25, 0.3) is 0 Å². The molecule has 0 spiro atoms. The predicted octanol–water partition coefficient (Wildman–Crippen LogP) is 1.33. The van der Waals surface area contributed by atoms with Crippen LogP contribution in [0.4, 0.5) is 16.2 Å². The summed E-state index contributed by atoms with van der Waals surface area (Å²) in [6.45, 7) is 4.11. The number of aromatic hydroxyl groups is 1. The molecular weight excluding hydrogens is 234 g/mol. The fraction of sp³-hybridized carbons (Fsp3) is 0.417. The average Bonchev–Trinajstić information content (AvgIpc) is 2.28. The standard InChI is InChI=1S/C12H19N3O3/c1-8(2)14-12(18)15-10-4-3-9(7-11(10)17)13-5-6-16/h3-4,7-8,13,16-17H,5-6H2,1-2H3,(H2,14,15,18). The first-order chi connectivity index (χ1) is 8.52. The minimum absolute atomic E-state index is 0.0115. The number of hydrogen-bond donors (Lipinski definition) is 5. The van der Waals surface area contributed by atoms with E-state index in [4.69, 9.17) is 5.11 Å². The summed E-state index contributed by atoms with van der Waals surface area (Å²) in [5.74, 6) is -0.0307. The summed E-state index contributed by atoms with van der Waals surface area (Å²) in [6, 6.07) is 4.45. The minimum Gasteiger partial charge on any atom is -0.506 e. The van der Waals surface area contributed by atoms with Crippen LogP contribution in [-0.4, -0.2) is 35.4 Å². The number of anilines is 2. The van der Waals surface area contributed by atoms with Gasteiger partial charge in [0.1, 0.15) is 5.75 Å². The van der Waals surface area contributed by atoms with E-state index in [2.05, 4.69) is 16.0 Å². The van der Waals surface area contributed by atoms with E-state index in [9.17, 15) is 9.90 Å². The molecule has 100 valence electrons. The molecule has 1 rings (SSSR count). The second-order valence-electron chi connectivity index (χ2n) is 4.14. The summed E-state index contributed by atoms with van der Waals surface area (Å²) in [5.41, 5.74) is 1.01. The molecule has 0 aliphatic heterocycles. The van der Waals surface area contributed by atoms with Crippen molar-refractivity contribution in [3.8, 4) is 5.75 Å². The van der Waals surface area contributed by atoms with Gasteiger partial charge < -0.3 is 26.2 Å². The maximum atomic E-state index is 11.5. The molecule has 1 aromatic carbocycles. The Balaban J connectivity index is 2.64. The van der Waals surface area contributed by atoms with Crippen LogP contribution in [-0.2, 0) is 0 Å². The smallest absolute Gasteiger partial charge is 0.319 e. The van der Waals surface area contributed by atoms with E-state index < -0.39 is 0 Å². The van der Waals surface area contributed by atoms with Crippen molar-refractivity contribution in [3.63, 3.8) is 0 Å². The zero-order valence-corrected chi connectivity index (χ0v) is 10.5. The van der Waals surface area contributed by atoms with Crippen LogP contribution in [0.1, 0.15) is 13.8 Å². The monoisotopic (exact) mass is 253 g/mol. The van der Waals surface area contributed by atoms with Crippen molar-refractivity contribution in [1.82, 2.24) is 5.32 Å². The van der Waals surface area contributed by atoms with Crippen molar-refractivity contribution in [2.45, 2.75) is 19.9 Å². The molecule has 0 radical (unpaired) electrons. The Kier molecular flexibility index (Phi) is 5.26. The number of benzene rings is 1. The number of carbonyl (C=O) groups excluding carboxylic acids is 1. The first-order valence-corrected chi connectivity index (χ1v) is 5.78. The van der Waals surface area contributed by atoms with Crippen molar-refractivity contribution in [3.05, 3.63) is 18.2 Å². The first kappa shape index (κ1) is 14.1. The Morgan fingerprint density at radius 3 is 2.67 bits per heavy atom. The number of carbonyl (C=O) groups is 1. The number of phenolic OH excluding ortho intramolecular Hbond substituents is 1. The number of rotatable bonds is 5. The van der Waals surface area contributed by atoms with Gasteiger partial charge in [-0.15, -0.1) is 0 Å². The molecule has 2 amide bonds. The molecule has 1 aromatic rings. The topological polar surface area (TPSA) is 93.6 Å². The van der Waals surface area contributed by atoms with Crippen molar-refractivity contribution in [1.29, 1.82) is 0 Å². The van der Waals surface area contributed by atoms with Gasteiger partial charge in [0.05, 0.1) is 12.3 Å². The molecular formula is C12H19N3O3. The van der Waals surface area contributed by atoms with Gasteiger partial charge in [-0.05, 0) is 26.0 Å². The van der Waals surface area contributed by atoms with E-state index in [1.807, 2.05) is 13.8 Å². The minimum atomic E-state index is -0.364. The maximum Gasteiger partial charge on any atom is 0.319 e. The second-order valence-corrected chi connectivity index (χ2v) is 4.14. The van der Waals surface area contributed by atoms with Crippen LogP contribution in [0, 0.1) is 0 Å². The molecule has 0 aliphatic carbocycles. The lowest BCUT2D eigenvalue weighted by atomic mass is 10.2. The highest BCUT2D eigenvalue weighted by Crippen LogP contribution is 2.26. The number of hydrogen-bond acceptors (Lipinski definition) is 4. The number of aliphatic hydroxyl groups excluding tert-OH is 1. The third kappa shape index (κ3) is 4.50. The van der Waals surface area contributed by atoms with Gasteiger partial charge in [0.2, 0.25) is 0 Å². The zero-order valence-electron chi connectivity index (χ0n) is 10.5. The Morgan fingerprint density at radius 1 is 1.39 bits per heavy atom. The molecule has 0 aliphatic rings. The number of urea groups is 1. The summed E-state index contributed by atoms with van der Waals surface area (Å²) in [7, 11) is 0. The highest BCUT2D eigenvalue weighted by Gasteiger charge is 2.07. The molecule has 0 atom stereocenters. The molecule has 0 unspecified atom stereocenters.